The van der Waals surface area contributed by atoms with Crippen LogP contribution in [-0.4, -0.2) is 17.6 Å². The lowest BCUT2D eigenvalue weighted by Crippen LogP contribution is -2.38. The first-order valence-electron chi connectivity index (χ1n) is 7.86. The minimum Gasteiger partial charge on any atom is -0.363 e. The van der Waals surface area contributed by atoms with Crippen LogP contribution in [0.25, 0.3) is 0 Å². The second-order valence-corrected chi connectivity index (χ2v) is 5.80. The lowest BCUT2D eigenvalue weighted by molar-refractivity contribution is -0.157. The molecule has 0 spiro atoms. The summed E-state index contributed by atoms with van der Waals surface area (Å²) < 4.78 is 13.2. The van der Waals surface area contributed by atoms with Gasteiger partial charge in [-0.05, 0) is 42.7 Å². The van der Waals surface area contributed by atoms with Gasteiger partial charge >= 0.3 is 5.97 Å². The van der Waals surface area contributed by atoms with E-state index in [4.69, 9.17) is 4.84 Å². The lowest BCUT2D eigenvalue weighted by Gasteiger charge is -2.36. The highest BCUT2D eigenvalue weighted by Gasteiger charge is 2.32. The Hall–Kier alpha value is -2.71. The number of benzene rings is 2. The molecule has 2 atom stereocenters. The van der Waals surface area contributed by atoms with Crippen LogP contribution in [0.15, 0.2) is 54.6 Å². The van der Waals surface area contributed by atoms with Crippen molar-refractivity contribution >= 4 is 5.97 Å². The average molecular weight is 324 g/mol. The predicted molar refractivity (Wildman–Crippen MR) is 86.0 cm³/mol. The average Bonchev–Trinajstić information content (AvgIpc) is 2.63. The fourth-order valence-electron chi connectivity index (χ4n) is 2.89. The molecule has 122 valence electrons. The molecule has 3 rings (SSSR count). The van der Waals surface area contributed by atoms with Crippen molar-refractivity contribution < 1.29 is 14.0 Å². The van der Waals surface area contributed by atoms with Gasteiger partial charge < -0.3 is 4.84 Å². The quantitative estimate of drug-likeness (QED) is 0.860. The number of hydrogen-bond donors (Lipinski definition) is 0. The molecule has 5 heteroatoms. The molecule has 2 aromatic carbocycles. The van der Waals surface area contributed by atoms with Gasteiger partial charge in [-0.2, -0.15) is 5.26 Å². The van der Waals surface area contributed by atoms with Crippen molar-refractivity contribution in [1.82, 2.24) is 5.06 Å². The van der Waals surface area contributed by atoms with Gasteiger partial charge in [0.25, 0.3) is 0 Å². The Bertz CT molecular complexity index is 740. The molecule has 0 N–H and O–H groups in total. The maximum Gasteiger partial charge on any atom is 0.357 e. The highest BCUT2D eigenvalue weighted by molar-refractivity contribution is 5.89. The number of rotatable bonds is 3. The van der Waals surface area contributed by atoms with Crippen LogP contribution in [0.4, 0.5) is 4.39 Å². The third kappa shape index (κ3) is 3.61. The van der Waals surface area contributed by atoms with Crippen molar-refractivity contribution in [2.24, 2.45) is 5.92 Å². The summed E-state index contributed by atoms with van der Waals surface area (Å²) in [5.41, 5.74) is 1.30. The molecular weight excluding hydrogens is 307 g/mol. The van der Waals surface area contributed by atoms with Gasteiger partial charge in [-0.1, -0.05) is 30.3 Å². The highest BCUT2D eigenvalue weighted by atomic mass is 19.1. The highest BCUT2D eigenvalue weighted by Crippen LogP contribution is 2.34. The van der Waals surface area contributed by atoms with Crippen LogP contribution in [0, 0.1) is 23.1 Å². The molecule has 1 fully saturated rings. The number of hydrogen-bond acceptors (Lipinski definition) is 4. The van der Waals surface area contributed by atoms with Gasteiger partial charge in [-0.3, -0.25) is 0 Å². The fraction of sp³-hybridized carbons (Fsp3) is 0.263. The monoisotopic (exact) mass is 324 g/mol. The second-order valence-electron chi connectivity index (χ2n) is 5.80. The molecule has 2 aromatic rings. The minimum atomic E-state index is -0.432. The lowest BCUT2D eigenvalue weighted by atomic mass is 9.89. The van der Waals surface area contributed by atoms with Crippen molar-refractivity contribution in [3.05, 3.63) is 71.5 Å². The van der Waals surface area contributed by atoms with E-state index in [2.05, 4.69) is 6.07 Å². The first kappa shape index (κ1) is 16.2. The number of hydroxylamine groups is 2. The van der Waals surface area contributed by atoms with E-state index < -0.39 is 5.97 Å². The minimum absolute atomic E-state index is 0.105. The molecule has 0 unspecified atom stereocenters. The summed E-state index contributed by atoms with van der Waals surface area (Å²) in [6.07, 6.45) is 1.18. The molecule has 0 aromatic heterocycles. The standard InChI is InChI=1S/C19H17FN2O2/c20-17-8-6-15(7-9-17)18-12-14(13-21)10-11-22(18)24-19(23)16-4-2-1-3-5-16/h1-9,14,18H,10-12H2/t14-,18+/m1/s1. The summed E-state index contributed by atoms with van der Waals surface area (Å²) >= 11 is 0. The summed E-state index contributed by atoms with van der Waals surface area (Å²) in [5.74, 6) is -0.857. The second kappa shape index (κ2) is 7.24. The molecule has 0 radical (unpaired) electrons. The van der Waals surface area contributed by atoms with E-state index in [1.54, 1.807) is 41.5 Å². The molecule has 0 bridgehead atoms. The molecule has 1 heterocycles. The Labute approximate surface area is 140 Å². The third-order valence-electron chi connectivity index (χ3n) is 4.20. The van der Waals surface area contributed by atoms with Crippen LogP contribution in [0.5, 0.6) is 0 Å². The van der Waals surface area contributed by atoms with E-state index in [1.165, 1.54) is 12.1 Å². The van der Waals surface area contributed by atoms with Gasteiger partial charge in [0, 0.05) is 12.5 Å². The number of piperidine rings is 1. The molecule has 4 nitrogen and oxygen atoms in total. The van der Waals surface area contributed by atoms with Crippen molar-refractivity contribution in [3.8, 4) is 6.07 Å². The van der Waals surface area contributed by atoms with E-state index >= 15 is 0 Å². The van der Waals surface area contributed by atoms with Crippen molar-refractivity contribution in [2.75, 3.05) is 6.54 Å². The van der Waals surface area contributed by atoms with E-state index in [-0.39, 0.29) is 17.8 Å². The van der Waals surface area contributed by atoms with E-state index in [0.29, 0.717) is 24.9 Å². The van der Waals surface area contributed by atoms with Crippen LogP contribution in [0.3, 0.4) is 0 Å². The zero-order chi connectivity index (χ0) is 16.9. The Morgan fingerprint density at radius 3 is 2.54 bits per heavy atom. The van der Waals surface area contributed by atoms with Gasteiger partial charge in [0.1, 0.15) is 5.82 Å². The first-order valence-corrected chi connectivity index (χ1v) is 7.86. The van der Waals surface area contributed by atoms with Crippen molar-refractivity contribution in [3.63, 3.8) is 0 Å². The maximum atomic E-state index is 13.2. The van der Waals surface area contributed by atoms with Gasteiger partial charge in [-0.25, -0.2) is 9.18 Å². The Morgan fingerprint density at radius 2 is 1.88 bits per heavy atom. The van der Waals surface area contributed by atoms with Crippen molar-refractivity contribution in [2.45, 2.75) is 18.9 Å². The summed E-state index contributed by atoms with van der Waals surface area (Å²) in [5, 5.41) is 10.8. The third-order valence-corrected chi connectivity index (χ3v) is 4.20. The number of nitriles is 1. The predicted octanol–water partition coefficient (Wildman–Crippen LogP) is 3.87. The Balaban J connectivity index is 1.80. The van der Waals surface area contributed by atoms with Crippen LogP contribution in [-0.2, 0) is 4.84 Å². The normalized spacial score (nSPS) is 21.0. The van der Waals surface area contributed by atoms with Crippen LogP contribution < -0.4 is 0 Å². The summed E-state index contributed by atoms with van der Waals surface area (Å²) in [6.45, 7) is 0.471. The molecule has 0 amide bonds. The SMILES string of the molecule is N#C[C@@H]1CCN(OC(=O)c2ccccc2)[C@H](c2ccc(F)cc2)C1. The summed E-state index contributed by atoms with van der Waals surface area (Å²) in [6, 6.07) is 16.9. The Morgan fingerprint density at radius 1 is 1.17 bits per heavy atom. The number of carbonyl (C=O) groups is 1. The van der Waals surface area contributed by atoms with Crippen molar-refractivity contribution in [1.29, 1.82) is 5.26 Å². The topological polar surface area (TPSA) is 53.3 Å². The summed E-state index contributed by atoms with van der Waals surface area (Å²) in [4.78, 5) is 17.9. The molecule has 24 heavy (non-hydrogen) atoms. The van der Waals surface area contributed by atoms with Crippen LogP contribution in [0.2, 0.25) is 0 Å². The van der Waals surface area contributed by atoms with E-state index in [9.17, 15) is 14.4 Å². The largest absolute Gasteiger partial charge is 0.363 e. The number of carbonyl (C=O) groups excluding carboxylic acids is 1. The molecule has 0 aliphatic carbocycles. The van der Waals surface area contributed by atoms with Crippen LogP contribution >= 0.6 is 0 Å². The Kier molecular flexibility index (Phi) is 4.88. The molecular formula is C19H17FN2O2. The zero-order valence-electron chi connectivity index (χ0n) is 13.1. The van der Waals surface area contributed by atoms with E-state index in [0.717, 1.165) is 5.56 Å². The zero-order valence-corrected chi connectivity index (χ0v) is 13.1. The fourth-order valence-corrected chi connectivity index (χ4v) is 2.89. The van der Waals surface area contributed by atoms with E-state index in [1.807, 2.05) is 6.07 Å². The van der Waals surface area contributed by atoms with Gasteiger partial charge in [-0.15, -0.1) is 5.06 Å². The number of halogens is 1. The molecule has 1 aliphatic heterocycles. The smallest absolute Gasteiger partial charge is 0.357 e. The summed E-state index contributed by atoms with van der Waals surface area (Å²) in [7, 11) is 0. The molecule has 1 aliphatic rings. The van der Waals surface area contributed by atoms with Gasteiger partial charge in [0.15, 0.2) is 0 Å². The molecule has 1 saturated heterocycles. The van der Waals surface area contributed by atoms with Gasteiger partial charge in [0.2, 0.25) is 0 Å². The molecule has 0 saturated carbocycles. The maximum absolute atomic E-state index is 13.2. The van der Waals surface area contributed by atoms with Gasteiger partial charge in [0.05, 0.1) is 17.7 Å². The number of nitrogens with zero attached hydrogens (tertiary/aromatic N) is 2. The first-order chi connectivity index (χ1) is 11.7. The van der Waals surface area contributed by atoms with Crippen LogP contribution in [0.1, 0.15) is 34.8 Å².